The molecule has 45 heavy (non-hydrogen) atoms. The number of rotatable bonds is 12. The highest BCUT2D eigenvalue weighted by molar-refractivity contribution is 7.88. The number of piperidine rings is 1. The van der Waals surface area contributed by atoms with E-state index in [-0.39, 0.29) is 18.1 Å². The predicted octanol–water partition coefficient (Wildman–Crippen LogP) is 6.48. The van der Waals surface area contributed by atoms with Crippen LogP contribution in [0.1, 0.15) is 46.1 Å². The minimum absolute atomic E-state index is 0.106. The number of hydrogen-bond donors (Lipinski definition) is 1. The zero-order chi connectivity index (χ0) is 33.0. The van der Waals surface area contributed by atoms with Gasteiger partial charge in [0.05, 0.1) is 18.2 Å². The summed E-state index contributed by atoms with van der Waals surface area (Å²) in [5.41, 5.74) is 2.96. The molecule has 0 atom stereocenters. The highest BCUT2D eigenvalue weighted by Gasteiger charge is 2.34. The highest BCUT2D eigenvalue weighted by atomic mass is 32.2. The smallest absolute Gasteiger partial charge is 0.410 e. The molecule has 1 fully saturated rings. The first-order valence-corrected chi connectivity index (χ1v) is 21.2. The van der Waals surface area contributed by atoms with Crippen molar-refractivity contribution in [2.45, 2.75) is 85.1 Å². The molecule has 0 bridgehead atoms. The van der Waals surface area contributed by atoms with Crippen LogP contribution in [-0.2, 0) is 32.8 Å². The van der Waals surface area contributed by atoms with Crippen molar-refractivity contribution in [3.8, 4) is 16.9 Å². The van der Waals surface area contributed by atoms with Crippen LogP contribution in [0, 0.1) is 5.41 Å². The SMILES string of the molecule is CC1(COc2ccnc3c2c(-c2ccc(CNS(C)(=O)=O)cc2)cn3COCC[Si](C)(C)C)CCN(C(=O)OC(C)(C)C)CC1. The second-order valence-corrected chi connectivity index (χ2v) is 22.2. The number of aromatic nitrogens is 2. The summed E-state index contributed by atoms with van der Waals surface area (Å²) < 4.78 is 46.0. The summed E-state index contributed by atoms with van der Waals surface area (Å²) >= 11 is 0. The lowest BCUT2D eigenvalue weighted by Crippen LogP contribution is -2.46. The summed E-state index contributed by atoms with van der Waals surface area (Å²) in [5.74, 6) is 0.745. The Hall–Kier alpha value is -2.93. The molecule has 0 saturated carbocycles. The summed E-state index contributed by atoms with van der Waals surface area (Å²) in [6.07, 6.45) is 6.33. The van der Waals surface area contributed by atoms with E-state index >= 15 is 0 Å². The van der Waals surface area contributed by atoms with Crippen molar-refractivity contribution in [1.29, 1.82) is 0 Å². The number of nitrogens with one attached hydrogen (secondary N) is 1. The van der Waals surface area contributed by atoms with Crippen LogP contribution < -0.4 is 9.46 Å². The molecule has 248 valence electrons. The molecule has 4 rings (SSSR count). The molecule has 0 aliphatic carbocycles. The average molecular weight is 659 g/mol. The van der Waals surface area contributed by atoms with Crippen molar-refractivity contribution in [3.63, 3.8) is 0 Å². The van der Waals surface area contributed by atoms with Crippen molar-refractivity contribution in [3.05, 3.63) is 48.3 Å². The third-order valence-corrected chi connectivity index (χ3v) is 10.3. The highest BCUT2D eigenvalue weighted by Crippen LogP contribution is 2.38. The summed E-state index contributed by atoms with van der Waals surface area (Å²) in [6, 6.07) is 10.8. The Balaban J connectivity index is 1.56. The van der Waals surface area contributed by atoms with Crippen LogP contribution in [0.5, 0.6) is 5.75 Å². The number of ether oxygens (including phenoxy) is 3. The number of benzene rings is 1. The maximum Gasteiger partial charge on any atom is 0.410 e. The molecule has 0 radical (unpaired) electrons. The first-order valence-electron chi connectivity index (χ1n) is 15.6. The van der Waals surface area contributed by atoms with Crippen LogP contribution in [0.4, 0.5) is 4.79 Å². The number of hydrogen-bond acceptors (Lipinski definition) is 7. The number of amides is 1. The van der Waals surface area contributed by atoms with E-state index in [1.54, 1.807) is 11.1 Å². The predicted molar refractivity (Wildman–Crippen MR) is 182 cm³/mol. The third kappa shape index (κ3) is 10.3. The molecule has 2 aromatic heterocycles. The van der Waals surface area contributed by atoms with Gasteiger partial charge in [-0.2, -0.15) is 0 Å². The van der Waals surface area contributed by atoms with Gasteiger partial charge < -0.3 is 23.7 Å². The summed E-state index contributed by atoms with van der Waals surface area (Å²) in [6.45, 7) is 17.9. The van der Waals surface area contributed by atoms with Crippen molar-refractivity contribution in [1.82, 2.24) is 19.2 Å². The maximum absolute atomic E-state index is 12.6. The van der Waals surface area contributed by atoms with Gasteiger partial charge in [-0.25, -0.2) is 22.9 Å². The zero-order valence-corrected chi connectivity index (χ0v) is 29.9. The summed E-state index contributed by atoms with van der Waals surface area (Å²) in [5, 5.41) is 0.906. The van der Waals surface area contributed by atoms with Crippen molar-refractivity contribution in [2.24, 2.45) is 5.41 Å². The molecular formula is C33H50N4O6SSi. The van der Waals surface area contributed by atoms with Gasteiger partial charge in [-0.1, -0.05) is 50.8 Å². The third-order valence-electron chi connectivity index (χ3n) is 7.95. The molecule has 1 aromatic carbocycles. The van der Waals surface area contributed by atoms with Crippen LogP contribution >= 0.6 is 0 Å². The maximum atomic E-state index is 12.6. The lowest BCUT2D eigenvalue weighted by atomic mass is 9.81. The summed E-state index contributed by atoms with van der Waals surface area (Å²) in [4.78, 5) is 19.1. The van der Waals surface area contributed by atoms with E-state index in [2.05, 4.69) is 37.5 Å². The Labute approximate surface area is 269 Å². The fourth-order valence-corrected chi connectivity index (χ4v) is 6.32. The molecule has 1 aliphatic rings. The van der Waals surface area contributed by atoms with Gasteiger partial charge in [-0.05, 0) is 56.9 Å². The number of fused-ring (bicyclic) bond motifs is 1. The molecule has 10 nitrogen and oxygen atoms in total. The normalized spacial score (nSPS) is 15.8. The number of likely N-dealkylation sites (tertiary alicyclic amines) is 1. The van der Waals surface area contributed by atoms with Gasteiger partial charge in [0.25, 0.3) is 0 Å². The standard InChI is InChI=1S/C33H50N4O6SSi/c1-32(2,3)43-31(38)36-17-14-33(4,15-18-36)23-42-28-13-16-34-30-29(28)27(22-37(30)24-41-19-20-45(6,7)8)26-11-9-25(10-12-26)21-35-44(5,39)40/h9-13,16,22,35H,14-15,17-21,23-24H2,1-8H3. The van der Waals surface area contributed by atoms with Crippen LogP contribution in [0.15, 0.2) is 42.7 Å². The largest absolute Gasteiger partial charge is 0.492 e. The first-order chi connectivity index (χ1) is 20.9. The molecule has 1 saturated heterocycles. The van der Waals surface area contributed by atoms with E-state index in [4.69, 9.17) is 19.2 Å². The van der Waals surface area contributed by atoms with Gasteiger partial charge in [0.2, 0.25) is 10.0 Å². The van der Waals surface area contributed by atoms with Crippen LogP contribution in [0.2, 0.25) is 25.7 Å². The van der Waals surface area contributed by atoms with Crippen LogP contribution in [0.25, 0.3) is 22.2 Å². The topological polar surface area (TPSA) is 112 Å². The Bertz CT molecular complexity index is 1570. The molecule has 3 heterocycles. The Morgan fingerprint density at radius 1 is 1.09 bits per heavy atom. The first kappa shape index (κ1) is 34.9. The number of nitrogens with zero attached hydrogens (tertiary/aromatic N) is 3. The molecule has 0 unspecified atom stereocenters. The van der Waals surface area contributed by atoms with E-state index < -0.39 is 23.7 Å². The van der Waals surface area contributed by atoms with E-state index in [1.807, 2.05) is 55.7 Å². The van der Waals surface area contributed by atoms with Crippen LogP contribution in [0.3, 0.4) is 0 Å². The van der Waals surface area contributed by atoms with Gasteiger partial charge in [0, 0.05) is 57.7 Å². The lowest BCUT2D eigenvalue weighted by Gasteiger charge is -2.39. The monoisotopic (exact) mass is 658 g/mol. The molecule has 12 heteroatoms. The minimum Gasteiger partial charge on any atom is -0.492 e. The number of pyridine rings is 1. The Morgan fingerprint density at radius 2 is 1.76 bits per heavy atom. The van der Waals surface area contributed by atoms with E-state index in [0.717, 1.165) is 58.6 Å². The Kier molecular flexibility index (Phi) is 10.7. The molecule has 1 aliphatic heterocycles. The zero-order valence-electron chi connectivity index (χ0n) is 28.1. The lowest BCUT2D eigenvalue weighted by molar-refractivity contribution is 0.00602. The molecule has 1 amide bonds. The minimum atomic E-state index is -3.29. The van der Waals surface area contributed by atoms with Crippen molar-refractivity contribution in [2.75, 3.05) is 32.6 Å². The van der Waals surface area contributed by atoms with Crippen LogP contribution in [-0.4, -0.2) is 75.2 Å². The second kappa shape index (κ2) is 13.8. The second-order valence-electron chi connectivity index (χ2n) is 14.7. The van der Waals surface area contributed by atoms with Gasteiger partial charge in [0.1, 0.15) is 23.7 Å². The average Bonchev–Trinajstić information content (AvgIpc) is 3.31. The number of carbonyl (C=O) groups excluding carboxylic acids is 1. The molecule has 1 N–H and O–H groups in total. The number of sulfonamides is 1. The molecular weight excluding hydrogens is 609 g/mol. The van der Waals surface area contributed by atoms with Gasteiger partial charge >= 0.3 is 6.09 Å². The fraction of sp³-hybridized carbons (Fsp3) is 0.576. The molecule has 3 aromatic rings. The van der Waals surface area contributed by atoms with Gasteiger partial charge in [-0.3, -0.25) is 0 Å². The summed E-state index contributed by atoms with van der Waals surface area (Å²) in [7, 11) is -4.51. The van der Waals surface area contributed by atoms with Crippen molar-refractivity contribution >= 4 is 35.2 Å². The quantitative estimate of drug-likeness (QED) is 0.175. The van der Waals surface area contributed by atoms with E-state index in [1.165, 1.54) is 0 Å². The van der Waals surface area contributed by atoms with E-state index in [0.29, 0.717) is 33.0 Å². The van der Waals surface area contributed by atoms with Crippen molar-refractivity contribution < 1.29 is 27.4 Å². The fourth-order valence-electron chi connectivity index (χ4n) is 5.13. The Morgan fingerprint density at radius 3 is 2.36 bits per heavy atom. The van der Waals surface area contributed by atoms with Gasteiger partial charge in [-0.15, -0.1) is 0 Å². The number of carbonyl (C=O) groups is 1. The van der Waals surface area contributed by atoms with E-state index in [9.17, 15) is 13.2 Å². The van der Waals surface area contributed by atoms with Gasteiger partial charge in [0.15, 0.2) is 0 Å². The molecule has 0 spiro atoms.